The standard InChI is InChI=1S/C9H15F3O/c1-6(9(10,11)12)8(5,13)7(2,3)4/h13H,1H2,2-5H3. The smallest absolute Gasteiger partial charge is 0.385 e. The SMILES string of the molecule is C=C(C(F)(F)F)C(C)(O)C(C)(C)C. The van der Waals surface area contributed by atoms with Crippen LogP contribution in [0.5, 0.6) is 0 Å². The molecule has 0 saturated heterocycles. The molecule has 1 atom stereocenters. The topological polar surface area (TPSA) is 20.2 Å². The van der Waals surface area contributed by atoms with Gasteiger partial charge in [0.2, 0.25) is 0 Å². The molecule has 0 aromatic rings. The molecule has 78 valence electrons. The van der Waals surface area contributed by atoms with Crippen LogP contribution in [-0.4, -0.2) is 16.9 Å². The van der Waals surface area contributed by atoms with Crippen LogP contribution >= 0.6 is 0 Å². The number of halogens is 3. The van der Waals surface area contributed by atoms with Gasteiger partial charge >= 0.3 is 6.18 Å². The average Bonchev–Trinajstić information content (AvgIpc) is 1.81. The summed E-state index contributed by atoms with van der Waals surface area (Å²) in [6.07, 6.45) is -4.54. The Bertz CT molecular complexity index is 208. The molecule has 1 nitrogen and oxygen atoms in total. The Balaban J connectivity index is 4.98. The third-order valence-corrected chi connectivity index (χ3v) is 2.39. The van der Waals surface area contributed by atoms with Crippen LogP contribution in [0.2, 0.25) is 0 Å². The minimum Gasteiger partial charge on any atom is -0.385 e. The quantitative estimate of drug-likeness (QED) is 0.639. The van der Waals surface area contributed by atoms with Gasteiger partial charge in [0, 0.05) is 0 Å². The minimum absolute atomic E-state index is 0.889. The van der Waals surface area contributed by atoms with Crippen LogP contribution in [0.25, 0.3) is 0 Å². The fraction of sp³-hybridized carbons (Fsp3) is 0.778. The molecular formula is C9H15F3O. The molecule has 1 N–H and O–H groups in total. The van der Waals surface area contributed by atoms with Crippen LogP contribution in [0.15, 0.2) is 12.2 Å². The van der Waals surface area contributed by atoms with Crippen LogP contribution in [-0.2, 0) is 0 Å². The summed E-state index contributed by atoms with van der Waals surface area (Å²) >= 11 is 0. The van der Waals surface area contributed by atoms with E-state index in [1.807, 2.05) is 0 Å². The summed E-state index contributed by atoms with van der Waals surface area (Å²) in [4.78, 5) is 0. The van der Waals surface area contributed by atoms with Crippen LogP contribution in [0.4, 0.5) is 13.2 Å². The first-order valence-corrected chi connectivity index (χ1v) is 3.89. The summed E-state index contributed by atoms with van der Waals surface area (Å²) in [6, 6.07) is 0. The number of hydrogen-bond acceptors (Lipinski definition) is 1. The Morgan fingerprint density at radius 1 is 1.08 bits per heavy atom. The van der Waals surface area contributed by atoms with Crippen molar-refractivity contribution in [3.63, 3.8) is 0 Å². The lowest BCUT2D eigenvalue weighted by molar-refractivity contribution is -0.135. The molecule has 0 aromatic heterocycles. The van der Waals surface area contributed by atoms with Crippen molar-refractivity contribution in [1.82, 2.24) is 0 Å². The van der Waals surface area contributed by atoms with Crippen LogP contribution in [0.1, 0.15) is 27.7 Å². The Kier molecular flexibility index (Phi) is 2.89. The summed E-state index contributed by atoms with van der Waals surface area (Å²) in [5.74, 6) is 0. The van der Waals surface area contributed by atoms with E-state index in [0.717, 1.165) is 6.92 Å². The van der Waals surface area contributed by atoms with Crippen molar-refractivity contribution in [2.45, 2.75) is 39.5 Å². The van der Waals surface area contributed by atoms with Crippen molar-refractivity contribution < 1.29 is 18.3 Å². The van der Waals surface area contributed by atoms with Gasteiger partial charge in [0.1, 0.15) is 0 Å². The molecule has 4 heteroatoms. The molecule has 0 amide bonds. The zero-order valence-electron chi connectivity index (χ0n) is 8.29. The van der Waals surface area contributed by atoms with E-state index in [0.29, 0.717) is 0 Å². The van der Waals surface area contributed by atoms with E-state index in [1.54, 1.807) is 0 Å². The predicted molar refractivity (Wildman–Crippen MR) is 45.3 cm³/mol. The van der Waals surface area contributed by atoms with Gasteiger partial charge in [0.15, 0.2) is 0 Å². The molecule has 0 aliphatic heterocycles. The monoisotopic (exact) mass is 196 g/mol. The number of aliphatic hydroxyl groups is 1. The van der Waals surface area contributed by atoms with E-state index in [4.69, 9.17) is 0 Å². The highest BCUT2D eigenvalue weighted by atomic mass is 19.4. The maximum absolute atomic E-state index is 12.2. The molecule has 0 rings (SSSR count). The van der Waals surface area contributed by atoms with Gasteiger partial charge in [-0.25, -0.2) is 0 Å². The molecule has 0 aliphatic carbocycles. The first-order chi connectivity index (χ1) is 5.40. The molecule has 0 radical (unpaired) electrons. The molecular weight excluding hydrogens is 181 g/mol. The van der Waals surface area contributed by atoms with E-state index in [-0.39, 0.29) is 0 Å². The van der Waals surface area contributed by atoms with Crippen molar-refractivity contribution in [2.75, 3.05) is 0 Å². The molecule has 0 fully saturated rings. The third kappa shape index (κ3) is 2.46. The van der Waals surface area contributed by atoms with E-state index < -0.39 is 22.8 Å². The van der Waals surface area contributed by atoms with E-state index in [9.17, 15) is 18.3 Å². The molecule has 0 bridgehead atoms. The second-order valence-corrected chi connectivity index (χ2v) is 4.30. The third-order valence-electron chi connectivity index (χ3n) is 2.39. The highest BCUT2D eigenvalue weighted by Crippen LogP contribution is 2.42. The van der Waals surface area contributed by atoms with E-state index >= 15 is 0 Å². The second kappa shape index (κ2) is 3.01. The summed E-state index contributed by atoms with van der Waals surface area (Å²) in [7, 11) is 0. The van der Waals surface area contributed by atoms with Gasteiger partial charge in [0.25, 0.3) is 0 Å². The molecule has 0 heterocycles. The molecule has 1 unspecified atom stereocenters. The Morgan fingerprint density at radius 2 is 1.38 bits per heavy atom. The van der Waals surface area contributed by atoms with Crippen LogP contribution < -0.4 is 0 Å². The van der Waals surface area contributed by atoms with Gasteiger partial charge in [0.05, 0.1) is 11.2 Å². The fourth-order valence-corrected chi connectivity index (χ4v) is 0.729. The fourth-order valence-electron chi connectivity index (χ4n) is 0.729. The van der Waals surface area contributed by atoms with Crippen molar-refractivity contribution in [1.29, 1.82) is 0 Å². The van der Waals surface area contributed by atoms with Crippen LogP contribution in [0.3, 0.4) is 0 Å². The number of alkyl halides is 3. The zero-order valence-corrected chi connectivity index (χ0v) is 8.29. The molecule has 0 aromatic carbocycles. The van der Waals surface area contributed by atoms with Crippen molar-refractivity contribution in [2.24, 2.45) is 5.41 Å². The lowest BCUT2D eigenvalue weighted by Gasteiger charge is -2.39. The summed E-state index contributed by atoms with van der Waals surface area (Å²) in [5, 5.41) is 9.64. The maximum Gasteiger partial charge on any atom is 0.414 e. The molecule has 13 heavy (non-hydrogen) atoms. The van der Waals surface area contributed by atoms with Crippen molar-refractivity contribution >= 4 is 0 Å². The highest BCUT2D eigenvalue weighted by Gasteiger charge is 2.49. The summed E-state index contributed by atoms with van der Waals surface area (Å²) in [5.41, 5.74) is -3.93. The Morgan fingerprint density at radius 3 is 1.46 bits per heavy atom. The normalized spacial score (nSPS) is 18.2. The van der Waals surface area contributed by atoms with Gasteiger partial charge < -0.3 is 5.11 Å². The second-order valence-electron chi connectivity index (χ2n) is 4.30. The maximum atomic E-state index is 12.2. The Hall–Kier alpha value is -0.510. The van der Waals surface area contributed by atoms with Crippen LogP contribution in [0, 0.1) is 5.41 Å². The zero-order chi connectivity index (χ0) is 11.1. The van der Waals surface area contributed by atoms with Gasteiger partial charge in [-0.1, -0.05) is 27.4 Å². The first kappa shape index (κ1) is 12.5. The van der Waals surface area contributed by atoms with Crippen molar-refractivity contribution in [3.05, 3.63) is 12.2 Å². The van der Waals surface area contributed by atoms with Gasteiger partial charge in [-0.15, -0.1) is 0 Å². The predicted octanol–water partition coefficient (Wildman–Crippen LogP) is 2.90. The largest absolute Gasteiger partial charge is 0.414 e. The molecule has 0 aliphatic rings. The highest BCUT2D eigenvalue weighted by molar-refractivity contribution is 5.20. The lowest BCUT2D eigenvalue weighted by atomic mass is 9.73. The number of rotatable bonds is 1. The first-order valence-electron chi connectivity index (χ1n) is 3.89. The average molecular weight is 196 g/mol. The summed E-state index contributed by atoms with van der Waals surface area (Å²) < 4.78 is 36.6. The molecule has 0 saturated carbocycles. The Labute approximate surface area is 76.3 Å². The van der Waals surface area contributed by atoms with Gasteiger partial charge in [-0.3, -0.25) is 0 Å². The minimum atomic E-state index is -4.54. The van der Waals surface area contributed by atoms with E-state index in [1.165, 1.54) is 20.8 Å². The lowest BCUT2D eigenvalue weighted by Crippen LogP contribution is -2.45. The summed E-state index contributed by atoms with van der Waals surface area (Å²) in [6.45, 7) is 8.61. The van der Waals surface area contributed by atoms with E-state index in [2.05, 4.69) is 6.58 Å². The van der Waals surface area contributed by atoms with Crippen molar-refractivity contribution in [3.8, 4) is 0 Å². The molecule has 0 spiro atoms. The van der Waals surface area contributed by atoms with Gasteiger partial charge in [-0.2, -0.15) is 13.2 Å². The number of hydrogen-bond donors (Lipinski definition) is 1. The van der Waals surface area contributed by atoms with Gasteiger partial charge in [-0.05, 0) is 12.3 Å².